The molecular formula is C12H18ClN3. The maximum absolute atomic E-state index is 6.03. The summed E-state index contributed by atoms with van der Waals surface area (Å²) in [7, 11) is 2.09. The predicted molar refractivity (Wildman–Crippen MR) is 67.2 cm³/mol. The normalized spacial score (nSPS) is 16.3. The van der Waals surface area contributed by atoms with Crippen LogP contribution >= 0.6 is 11.6 Å². The molecule has 0 aromatic carbocycles. The Morgan fingerprint density at radius 3 is 2.56 bits per heavy atom. The maximum Gasteiger partial charge on any atom is 0.135 e. The van der Waals surface area contributed by atoms with Crippen LogP contribution in [-0.4, -0.2) is 23.1 Å². The molecule has 0 radical (unpaired) electrons. The SMILES string of the molecule is CC(C)c1nc(Cl)cc(N(C)C2CCC2)n1. The van der Waals surface area contributed by atoms with E-state index in [0.29, 0.717) is 17.1 Å². The number of anilines is 1. The first kappa shape index (κ1) is 11.6. The van der Waals surface area contributed by atoms with Gasteiger partial charge in [0.1, 0.15) is 16.8 Å². The van der Waals surface area contributed by atoms with Gasteiger partial charge in [-0.05, 0) is 19.3 Å². The molecule has 1 fully saturated rings. The molecule has 4 heteroatoms. The van der Waals surface area contributed by atoms with E-state index in [9.17, 15) is 0 Å². The highest BCUT2D eigenvalue weighted by atomic mass is 35.5. The Kier molecular flexibility index (Phi) is 3.33. The van der Waals surface area contributed by atoms with Crippen molar-refractivity contribution in [1.82, 2.24) is 9.97 Å². The number of hydrogen-bond donors (Lipinski definition) is 0. The summed E-state index contributed by atoms with van der Waals surface area (Å²) >= 11 is 6.03. The lowest BCUT2D eigenvalue weighted by Gasteiger charge is -2.35. The van der Waals surface area contributed by atoms with Gasteiger partial charge in [-0.25, -0.2) is 9.97 Å². The van der Waals surface area contributed by atoms with Gasteiger partial charge in [-0.15, -0.1) is 0 Å². The highest BCUT2D eigenvalue weighted by molar-refractivity contribution is 6.29. The Hall–Kier alpha value is -0.830. The molecule has 0 unspecified atom stereocenters. The largest absolute Gasteiger partial charge is 0.357 e. The van der Waals surface area contributed by atoms with Crippen molar-refractivity contribution in [2.45, 2.75) is 45.1 Å². The van der Waals surface area contributed by atoms with E-state index in [1.54, 1.807) is 0 Å². The van der Waals surface area contributed by atoms with E-state index in [2.05, 4.69) is 35.8 Å². The van der Waals surface area contributed by atoms with Crippen molar-refractivity contribution < 1.29 is 0 Å². The standard InChI is InChI=1S/C12H18ClN3/c1-8(2)12-14-10(13)7-11(15-12)16(3)9-5-4-6-9/h7-9H,4-6H2,1-3H3. The first-order chi connectivity index (χ1) is 7.58. The van der Waals surface area contributed by atoms with Crippen LogP contribution in [0.4, 0.5) is 5.82 Å². The minimum absolute atomic E-state index is 0.312. The Morgan fingerprint density at radius 1 is 1.38 bits per heavy atom. The fraction of sp³-hybridized carbons (Fsp3) is 0.667. The van der Waals surface area contributed by atoms with Crippen molar-refractivity contribution in [1.29, 1.82) is 0 Å². The maximum atomic E-state index is 6.03. The quantitative estimate of drug-likeness (QED) is 0.759. The minimum Gasteiger partial charge on any atom is -0.357 e. The third kappa shape index (κ3) is 2.29. The molecule has 1 saturated carbocycles. The summed E-state index contributed by atoms with van der Waals surface area (Å²) in [4.78, 5) is 11.0. The highest BCUT2D eigenvalue weighted by Gasteiger charge is 2.23. The monoisotopic (exact) mass is 239 g/mol. The Bertz CT molecular complexity index is 375. The van der Waals surface area contributed by atoms with E-state index in [-0.39, 0.29) is 0 Å². The second-order valence-corrected chi connectivity index (χ2v) is 5.14. The third-order valence-corrected chi connectivity index (χ3v) is 3.39. The number of aromatic nitrogens is 2. The molecule has 1 aromatic heterocycles. The molecule has 2 rings (SSSR count). The Balaban J connectivity index is 2.25. The fourth-order valence-electron chi connectivity index (χ4n) is 1.82. The first-order valence-corrected chi connectivity index (χ1v) is 6.23. The van der Waals surface area contributed by atoms with Crippen molar-refractivity contribution >= 4 is 17.4 Å². The average molecular weight is 240 g/mol. The number of halogens is 1. The van der Waals surface area contributed by atoms with Crippen LogP contribution in [0.5, 0.6) is 0 Å². The van der Waals surface area contributed by atoms with Crippen LogP contribution in [0.15, 0.2) is 6.07 Å². The zero-order valence-corrected chi connectivity index (χ0v) is 10.8. The van der Waals surface area contributed by atoms with E-state index in [1.165, 1.54) is 19.3 Å². The highest BCUT2D eigenvalue weighted by Crippen LogP contribution is 2.28. The lowest BCUT2D eigenvalue weighted by Crippen LogP contribution is -2.37. The van der Waals surface area contributed by atoms with E-state index in [0.717, 1.165) is 11.6 Å². The van der Waals surface area contributed by atoms with Gasteiger partial charge in [0.05, 0.1) is 0 Å². The average Bonchev–Trinajstić information content (AvgIpc) is 2.13. The summed E-state index contributed by atoms with van der Waals surface area (Å²) < 4.78 is 0. The molecular weight excluding hydrogens is 222 g/mol. The molecule has 0 aliphatic heterocycles. The van der Waals surface area contributed by atoms with Crippen molar-refractivity contribution in [2.75, 3.05) is 11.9 Å². The molecule has 0 spiro atoms. The van der Waals surface area contributed by atoms with Gasteiger partial charge in [0.2, 0.25) is 0 Å². The van der Waals surface area contributed by atoms with E-state index in [4.69, 9.17) is 11.6 Å². The van der Waals surface area contributed by atoms with E-state index >= 15 is 0 Å². The van der Waals surface area contributed by atoms with Crippen molar-refractivity contribution in [3.8, 4) is 0 Å². The fourth-order valence-corrected chi connectivity index (χ4v) is 2.01. The smallest absolute Gasteiger partial charge is 0.135 e. The summed E-state index contributed by atoms with van der Waals surface area (Å²) in [5.74, 6) is 2.09. The number of nitrogens with zero attached hydrogens (tertiary/aromatic N) is 3. The number of hydrogen-bond acceptors (Lipinski definition) is 3. The molecule has 1 aliphatic rings. The van der Waals surface area contributed by atoms with E-state index in [1.807, 2.05) is 6.07 Å². The summed E-state index contributed by atoms with van der Waals surface area (Å²) in [6, 6.07) is 2.48. The summed E-state index contributed by atoms with van der Waals surface area (Å²) in [5, 5.41) is 0.542. The van der Waals surface area contributed by atoms with Crippen LogP contribution in [0, 0.1) is 0 Å². The van der Waals surface area contributed by atoms with Crippen LogP contribution in [0.1, 0.15) is 44.9 Å². The van der Waals surface area contributed by atoms with Crippen molar-refractivity contribution in [3.05, 3.63) is 17.0 Å². The van der Waals surface area contributed by atoms with Gasteiger partial charge < -0.3 is 4.90 Å². The Morgan fingerprint density at radius 2 is 2.06 bits per heavy atom. The second-order valence-electron chi connectivity index (χ2n) is 4.76. The zero-order valence-electron chi connectivity index (χ0n) is 10.1. The van der Waals surface area contributed by atoms with Gasteiger partial charge in [-0.3, -0.25) is 0 Å². The van der Waals surface area contributed by atoms with Gasteiger partial charge in [-0.1, -0.05) is 25.4 Å². The molecule has 88 valence electrons. The van der Waals surface area contributed by atoms with Crippen LogP contribution in [-0.2, 0) is 0 Å². The van der Waals surface area contributed by atoms with Gasteiger partial charge >= 0.3 is 0 Å². The lowest BCUT2D eigenvalue weighted by atomic mass is 9.92. The molecule has 0 N–H and O–H groups in total. The third-order valence-electron chi connectivity index (χ3n) is 3.20. The van der Waals surface area contributed by atoms with Crippen molar-refractivity contribution in [3.63, 3.8) is 0 Å². The van der Waals surface area contributed by atoms with Crippen molar-refractivity contribution in [2.24, 2.45) is 0 Å². The molecule has 3 nitrogen and oxygen atoms in total. The summed E-state index contributed by atoms with van der Waals surface area (Å²) in [6.45, 7) is 4.16. The number of rotatable bonds is 3. The van der Waals surface area contributed by atoms with Crippen LogP contribution < -0.4 is 4.90 Å². The van der Waals surface area contributed by atoms with Crippen LogP contribution in [0.25, 0.3) is 0 Å². The molecule has 0 atom stereocenters. The molecule has 1 aliphatic carbocycles. The molecule has 0 amide bonds. The molecule has 1 aromatic rings. The van der Waals surface area contributed by atoms with Gasteiger partial charge in [0.25, 0.3) is 0 Å². The summed E-state index contributed by atoms with van der Waals surface area (Å²) in [6.07, 6.45) is 3.84. The topological polar surface area (TPSA) is 29.0 Å². The van der Waals surface area contributed by atoms with Gasteiger partial charge in [0, 0.05) is 25.1 Å². The zero-order chi connectivity index (χ0) is 11.7. The van der Waals surface area contributed by atoms with E-state index < -0.39 is 0 Å². The van der Waals surface area contributed by atoms with Crippen LogP contribution in [0.2, 0.25) is 5.15 Å². The van der Waals surface area contributed by atoms with Gasteiger partial charge in [0.15, 0.2) is 0 Å². The molecule has 16 heavy (non-hydrogen) atoms. The first-order valence-electron chi connectivity index (χ1n) is 5.85. The molecule has 0 saturated heterocycles. The minimum atomic E-state index is 0.312. The summed E-state index contributed by atoms with van der Waals surface area (Å²) in [5.41, 5.74) is 0. The molecule has 0 bridgehead atoms. The second kappa shape index (κ2) is 4.58. The van der Waals surface area contributed by atoms with Gasteiger partial charge in [-0.2, -0.15) is 0 Å². The molecule has 1 heterocycles. The lowest BCUT2D eigenvalue weighted by molar-refractivity contribution is 0.399. The van der Waals surface area contributed by atoms with Crippen LogP contribution in [0.3, 0.4) is 0 Å². The predicted octanol–water partition coefficient (Wildman–Crippen LogP) is 3.24. The Labute approximate surface area is 102 Å².